The summed E-state index contributed by atoms with van der Waals surface area (Å²) in [6.07, 6.45) is 1.25. The Hall–Kier alpha value is -1.83. The van der Waals surface area contributed by atoms with Crippen molar-refractivity contribution < 1.29 is 24.2 Å². The molecule has 1 heterocycles. The van der Waals surface area contributed by atoms with E-state index < -0.39 is 35.7 Å². The number of nitrogens with two attached hydrogens (primary N) is 1. The number of ether oxygens (including phenoxy) is 1. The Morgan fingerprint density at radius 1 is 1.39 bits per heavy atom. The lowest BCUT2D eigenvalue weighted by molar-refractivity contribution is -0.149. The van der Waals surface area contributed by atoms with Crippen LogP contribution in [0.5, 0.6) is 0 Å². The van der Waals surface area contributed by atoms with Crippen molar-refractivity contribution in [1.29, 1.82) is 0 Å². The molecular formula is C15H27N3O5. The molecule has 2 atom stereocenters. The first-order chi connectivity index (χ1) is 10.7. The van der Waals surface area contributed by atoms with Gasteiger partial charge in [-0.15, -0.1) is 0 Å². The van der Waals surface area contributed by atoms with Crippen molar-refractivity contribution in [3.05, 3.63) is 0 Å². The van der Waals surface area contributed by atoms with E-state index in [0.717, 1.165) is 0 Å². The van der Waals surface area contributed by atoms with Crippen LogP contribution in [0.15, 0.2) is 0 Å². The summed E-state index contributed by atoms with van der Waals surface area (Å²) in [6.45, 7) is 5.94. The smallest absolute Gasteiger partial charge is 0.408 e. The molecular weight excluding hydrogens is 302 g/mol. The third kappa shape index (κ3) is 6.05. The van der Waals surface area contributed by atoms with E-state index >= 15 is 0 Å². The van der Waals surface area contributed by atoms with Gasteiger partial charge in [0.15, 0.2) is 0 Å². The van der Waals surface area contributed by atoms with Crippen LogP contribution in [0.1, 0.15) is 46.5 Å². The highest BCUT2D eigenvalue weighted by atomic mass is 16.6. The molecule has 8 heteroatoms. The maximum atomic E-state index is 12.6. The van der Waals surface area contributed by atoms with Crippen LogP contribution in [0.2, 0.25) is 0 Å². The van der Waals surface area contributed by atoms with E-state index in [2.05, 4.69) is 5.32 Å². The fourth-order valence-corrected chi connectivity index (χ4v) is 2.52. The van der Waals surface area contributed by atoms with Gasteiger partial charge in [-0.3, -0.25) is 4.79 Å². The van der Waals surface area contributed by atoms with Crippen LogP contribution in [0.25, 0.3) is 0 Å². The summed E-state index contributed by atoms with van der Waals surface area (Å²) >= 11 is 0. The van der Waals surface area contributed by atoms with Gasteiger partial charge in [-0.25, -0.2) is 9.59 Å². The van der Waals surface area contributed by atoms with Gasteiger partial charge in [0.25, 0.3) is 0 Å². The second-order valence-electron chi connectivity index (χ2n) is 6.66. The number of amides is 2. The van der Waals surface area contributed by atoms with Crippen molar-refractivity contribution in [2.24, 2.45) is 5.73 Å². The second kappa shape index (κ2) is 8.14. The maximum Gasteiger partial charge on any atom is 0.408 e. The molecule has 2 amide bonds. The van der Waals surface area contributed by atoms with Gasteiger partial charge >= 0.3 is 12.1 Å². The van der Waals surface area contributed by atoms with Gasteiger partial charge in [0, 0.05) is 6.54 Å². The Bertz CT molecular complexity index is 447. The summed E-state index contributed by atoms with van der Waals surface area (Å²) in [5, 5.41) is 11.7. The van der Waals surface area contributed by atoms with E-state index in [1.165, 1.54) is 4.90 Å². The number of carbonyl (C=O) groups excluding carboxylic acids is 2. The van der Waals surface area contributed by atoms with Crippen molar-refractivity contribution >= 4 is 18.0 Å². The Balaban J connectivity index is 2.78. The molecule has 0 unspecified atom stereocenters. The van der Waals surface area contributed by atoms with Crippen LogP contribution >= 0.6 is 0 Å². The number of nitrogens with zero attached hydrogens (tertiary/aromatic N) is 1. The van der Waals surface area contributed by atoms with Gasteiger partial charge in [0.05, 0.1) is 0 Å². The summed E-state index contributed by atoms with van der Waals surface area (Å²) in [5.74, 6) is -1.42. The highest BCUT2D eigenvalue weighted by molar-refractivity contribution is 5.89. The summed E-state index contributed by atoms with van der Waals surface area (Å²) in [4.78, 5) is 37.1. The van der Waals surface area contributed by atoms with Crippen molar-refractivity contribution in [3.63, 3.8) is 0 Å². The lowest BCUT2D eigenvalue weighted by Gasteiger charge is -2.28. The van der Waals surface area contributed by atoms with Gasteiger partial charge in [-0.2, -0.15) is 0 Å². The Kier molecular flexibility index (Phi) is 6.80. The molecule has 132 valence electrons. The Labute approximate surface area is 136 Å². The molecule has 0 aromatic carbocycles. The van der Waals surface area contributed by atoms with Gasteiger partial charge in [0.1, 0.15) is 17.7 Å². The molecule has 0 aromatic rings. The number of carbonyl (C=O) groups is 3. The Morgan fingerprint density at radius 2 is 2.04 bits per heavy atom. The quantitative estimate of drug-likeness (QED) is 0.659. The number of alkyl carbamates (subject to hydrolysis) is 1. The zero-order valence-electron chi connectivity index (χ0n) is 14.0. The Morgan fingerprint density at radius 3 is 2.57 bits per heavy atom. The third-order valence-electron chi connectivity index (χ3n) is 3.51. The largest absolute Gasteiger partial charge is 0.480 e. The lowest BCUT2D eigenvalue weighted by Crippen LogP contribution is -2.52. The number of rotatable bonds is 6. The number of nitrogens with one attached hydrogen (secondary N) is 1. The minimum Gasteiger partial charge on any atom is -0.480 e. The van der Waals surface area contributed by atoms with E-state index in [4.69, 9.17) is 10.5 Å². The molecule has 1 rings (SSSR count). The second-order valence-corrected chi connectivity index (χ2v) is 6.66. The molecule has 0 aromatic heterocycles. The van der Waals surface area contributed by atoms with E-state index in [9.17, 15) is 19.5 Å². The van der Waals surface area contributed by atoms with Crippen LogP contribution in [-0.4, -0.2) is 58.8 Å². The maximum absolute atomic E-state index is 12.6. The molecule has 1 saturated heterocycles. The summed E-state index contributed by atoms with van der Waals surface area (Å²) < 4.78 is 5.17. The molecule has 0 spiro atoms. The van der Waals surface area contributed by atoms with E-state index in [0.29, 0.717) is 38.8 Å². The zero-order valence-corrected chi connectivity index (χ0v) is 14.0. The molecule has 0 aliphatic carbocycles. The van der Waals surface area contributed by atoms with Crippen molar-refractivity contribution in [2.75, 3.05) is 13.1 Å². The highest BCUT2D eigenvalue weighted by Crippen LogP contribution is 2.19. The average molecular weight is 329 g/mol. The van der Waals surface area contributed by atoms with Crippen molar-refractivity contribution in [1.82, 2.24) is 10.2 Å². The summed E-state index contributed by atoms with van der Waals surface area (Å²) in [6, 6.07) is -1.66. The number of carboxylic acid groups (broad SMARTS) is 1. The number of aliphatic carboxylic acids is 1. The molecule has 0 saturated carbocycles. The third-order valence-corrected chi connectivity index (χ3v) is 3.51. The van der Waals surface area contributed by atoms with E-state index in [1.807, 2.05) is 0 Å². The lowest BCUT2D eigenvalue weighted by atomic mass is 10.1. The molecule has 4 N–H and O–H groups in total. The average Bonchev–Trinajstić information content (AvgIpc) is 2.90. The number of likely N-dealkylation sites (tertiary alicyclic amines) is 1. The van der Waals surface area contributed by atoms with Gasteiger partial charge in [-0.1, -0.05) is 0 Å². The summed E-state index contributed by atoms with van der Waals surface area (Å²) in [7, 11) is 0. The molecule has 1 aliphatic rings. The highest BCUT2D eigenvalue weighted by Gasteiger charge is 2.37. The van der Waals surface area contributed by atoms with Crippen molar-refractivity contribution in [3.8, 4) is 0 Å². The van der Waals surface area contributed by atoms with Crippen LogP contribution in [0.3, 0.4) is 0 Å². The first-order valence-electron chi connectivity index (χ1n) is 7.88. The van der Waals surface area contributed by atoms with Gasteiger partial charge < -0.3 is 25.8 Å². The molecule has 0 bridgehead atoms. The molecule has 1 fully saturated rings. The summed E-state index contributed by atoms with van der Waals surface area (Å²) in [5.41, 5.74) is 4.80. The minimum atomic E-state index is -1.02. The van der Waals surface area contributed by atoms with Crippen LogP contribution < -0.4 is 11.1 Å². The number of hydrogen-bond acceptors (Lipinski definition) is 5. The van der Waals surface area contributed by atoms with Crippen molar-refractivity contribution in [2.45, 2.75) is 64.1 Å². The number of hydrogen-bond donors (Lipinski definition) is 3. The SMILES string of the molecule is CC(C)(C)OC(=O)N[C@@H](CCCN)C(=O)N1CCC[C@H]1C(=O)O. The molecule has 23 heavy (non-hydrogen) atoms. The van der Waals surface area contributed by atoms with E-state index in [-0.39, 0.29) is 0 Å². The normalized spacial score (nSPS) is 19.3. The van der Waals surface area contributed by atoms with E-state index in [1.54, 1.807) is 20.8 Å². The predicted octanol–water partition coefficient (Wildman–Crippen LogP) is 0.694. The molecule has 8 nitrogen and oxygen atoms in total. The topological polar surface area (TPSA) is 122 Å². The standard InChI is InChI=1S/C15H27N3O5/c1-15(2,3)23-14(22)17-10(6-4-8-16)12(19)18-9-5-7-11(18)13(20)21/h10-11H,4-9,16H2,1-3H3,(H,17,22)(H,20,21)/t10-,11-/m0/s1. The van der Waals surface area contributed by atoms with Crippen LogP contribution in [-0.2, 0) is 14.3 Å². The number of carboxylic acids is 1. The zero-order chi connectivity index (χ0) is 17.6. The van der Waals surface area contributed by atoms with Gasteiger partial charge in [-0.05, 0) is 53.0 Å². The van der Waals surface area contributed by atoms with Crippen LogP contribution in [0.4, 0.5) is 4.79 Å². The fourth-order valence-electron chi connectivity index (χ4n) is 2.52. The molecule has 1 aliphatic heterocycles. The first kappa shape index (κ1) is 19.2. The van der Waals surface area contributed by atoms with Crippen LogP contribution in [0, 0.1) is 0 Å². The fraction of sp³-hybridized carbons (Fsp3) is 0.800. The predicted molar refractivity (Wildman–Crippen MR) is 83.8 cm³/mol. The minimum absolute atomic E-state index is 0.345. The first-order valence-corrected chi connectivity index (χ1v) is 7.88. The molecule has 0 radical (unpaired) electrons. The monoisotopic (exact) mass is 329 g/mol. The van der Waals surface area contributed by atoms with Gasteiger partial charge in [0.2, 0.25) is 5.91 Å².